The van der Waals surface area contributed by atoms with Gasteiger partial charge < -0.3 is 9.09 Å². The maximum absolute atomic E-state index is 12.9. The summed E-state index contributed by atoms with van der Waals surface area (Å²) in [6, 6.07) is 15.1. The predicted molar refractivity (Wildman–Crippen MR) is 102 cm³/mol. The van der Waals surface area contributed by atoms with Crippen LogP contribution in [0.25, 0.3) is 21.5 Å². The van der Waals surface area contributed by atoms with Crippen molar-refractivity contribution in [2.45, 2.75) is 6.92 Å². The van der Waals surface area contributed by atoms with Crippen LogP contribution in [0.3, 0.4) is 0 Å². The van der Waals surface area contributed by atoms with Crippen LogP contribution in [0.15, 0.2) is 58.0 Å². The number of amides is 1. The maximum atomic E-state index is 12.9. The van der Waals surface area contributed by atoms with Crippen LogP contribution in [-0.2, 0) is 7.05 Å². The van der Waals surface area contributed by atoms with E-state index in [0.717, 1.165) is 10.2 Å². The number of para-hydroxylation sites is 1. The fourth-order valence-electron chi connectivity index (χ4n) is 2.79. The Morgan fingerprint density at radius 1 is 1.19 bits per heavy atom. The van der Waals surface area contributed by atoms with Gasteiger partial charge in [0.1, 0.15) is 17.0 Å². The van der Waals surface area contributed by atoms with Crippen LogP contribution in [0.5, 0.6) is 0 Å². The van der Waals surface area contributed by atoms with Crippen LogP contribution in [0.1, 0.15) is 16.1 Å². The zero-order valence-corrected chi connectivity index (χ0v) is 15.6. The Bertz CT molecular complexity index is 1200. The molecule has 0 saturated carbocycles. The van der Waals surface area contributed by atoms with Gasteiger partial charge in [0.15, 0.2) is 4.80 Å². The third-order valence-corrected chi connectivity index (χ3v) is 5.56. The predicted octanol–water partition coefficient (Wildman–Crippen LogP) is 4.60. The third-order valence-electron chi connectivity index (χ3n) is 4.12. The van der Waals surface area contributed by atoms with Gasteiger partial charge in [0.05, 0.1) is 15.2 Å². The Morgan fingerprint density at radius 2 is 1.92 bits per heavy atom. The van der Waals surface area contributed by atoms with Crippen LogP contribution in [-0.4, -0.2) is 15.6 Å². The van der Waals surface area contributed by atoms with Crippen molar-refractivity contribution in [3.8, 4) is 11.3 Å². The normalized spacial score (nSPS) is 12.0. The summed E-state index contributed by atoms with van der Waals surface area (Å²) in [4.78, 5) is 17.8. The molecule has 0 aliphatic rings. The molecule has 0 spiro atoms. The molecule has 2 aromatic heterocycles. The Balaban J connectivity index is 1.86. The van der Waals surface area contributed by atoms with Crippen molar-refractivity contribution in [3.63, 3.8) is 0 Å². The Labute approximate surface area is 158 Å². The first kappa shape index (κ1) is 16.8. The molecule has 1 amide bonds. The van der Waals surface area contributed by atoms with Gasteiger partial charge in [-0.05, 0) is 25.1 Å². The van der Waals surface area contributed by atoms with Gasteiger partial charge in [0.2, 0.25) is 0 Å². The highest BCUT2D eigenvalue weighted by Gasteiger charge is 2.23. The fourth-order valence-corrected chi connectivity index (χ4v) is 4.03. The second-order valence-electron chi connectivity index (χ2n) is 5.77. The molecule has 2 heterocycles. The summed E-state index contributed by atoms with van der Waals surface area (Å²) >= 11 is 7.72. The zero-order chi connectivity index (χ0) is 18.3. The zero-order valence-electron chi connectivity index (χ0n) is 14.1. The summed E-state index contributed by atoms with van der Waals surface area (Å²) in [5.41, 5.74) is 2.41. The molecule has 4 aromatic rings. The van der Waals surface area contributed by atoms with Crippen molar-refractivity contribution in [2.24, 2.45) is 12.0 Å². The van der Waals surface area contributed by atoms with Crippen molar-refractivity contribution in [1.29, 1.82) is 0 Å². The molecule has 0 saturated heterocycles. The van der Waals surface area contributed by atoms with Gasteiger partial charge in [-0.2, -0.15) is 4.99 Å². The maximum Gasteiger partial charge on any atom is 0.285 e. The Kier molecular flexibility index (Phi) is 4.22. The van der Waals surface area contributed by atoms with Crippen LogP contribution < -0.4 is 4.80 Å². The molecule has 0 bridgehead atoms. The number of rotatable bonds is 2. The lowest BCUT2D eigenvalue weighted by Crippen LogP contribution is -2.13. The molecule has 0 unspecified atom stereocenters. The molecule has 0 fully saturated rings. The first-order valence-corrected chi connectivity index (χ1v) is 9.10. The standard InChI is InChI=1S/C19H14ClN3O2S/c1-11-16(17(22-25-11)12-7-3-4-8-13(12)20)18(24)21-19-23(2)14-9-5-6-10-15(14)26-19/h3-10H,1-2H3. The number of aromatic nitrogens is 2. The quantitative estimate of drug-likeness (QED) is 0.508. The molecule has 2 aromatic carbocycles. The number of fused-ring (bicyclic) bond motifs is 1. The molecule has 130 valence electrons. The molecule has 0 atom stereocenters. The number of benzene rings is 2. The second-order valence-corrected chi connectivity index (χ2v) is 7.19. The van der Waals surface area contributed by atoms with E-state index in [1.165, 1.54) is 11.3 Å². The van der Waals surface area contributed by atoms with Crippen molar-refractivity contribution in [3.05, 3.63) is 69.7 Å². The van der Waals surface area contributed by atoms with Crippen LogP contribution in [0.2, 0.25) is 5.02 Å². The number of carbonyl (C=O) groups is 1. The topological polar surface area (TPSA) is 60.4 Å². The average Bonchev–Trinajstić information content (AvgIpc) is 3.16. The van der Waals surface area contributed by atoms with Gasteiger partial charge >= 0.3 is 0 Å². The SMILES string of the molecule is Cc1onc(-c2ccccc2Cl)c1C(=O)N=c1sc2ccccc2n1C. The summed E-state index contributed by atoms with van der Waals surface area (Å²) in [6.07, 6.45) is 0. The molecule has 0 radical (unpaired) electrons. The van der Waals surface area contributed by atoms with E-state index >= 15 is 0 Å². The molecule has 26 heavy (non-hydrogen) atoms. The third kappa shape index (κ3) is 2.77. The number of thiazole rings is 1. The first-order valence-electron chi connectivity index (χ1n) is 7.91. The van der Waals surface area contributed by atoms with E-state index in [4.69, 9.17) is 16.1 Å². The minimum absolute atomic E-state index is 0.329. The lowest BCUT2D eigenvalue weighted by Gasteiger charge is -2.01. The van der Waals surface area contributed by atoms with E-state index < -0.39 is 5.91 Å². The minimum Gasteiger partial charge on any atom is -0.360 e. The van der Waals surface area contributed by atoms with Gasteiger partial charge in [-0.1, -0.05) is 58.4 Å². The molecule has 5 nitrogen and oxygen atoms in total. The summed E-state index contributed by atoms with van der Waals surface area (Å²) in [5, 5.41) is 4.53. The molecule has 0 N–H and O–H groups in total. The van der Waals surface area contributed by atoms with Crippen molar-refractivity contribution < 1.29 is 9.32 Å². The molecule has 0 aliphatic heterocycles. The van der Waals surface area contributed by atoms with E-state index in [1.54, 1.807) is 19.1 Å². The monoisotopic (exact) mass is 383 g/mol. The molecule has 0 aliphatic carbocycles. The summed E-state index contributed by atoms with van der Waals surface area (Å²) in [6.45, 7) is 1.70. The van der Waals surface area contributed by atoms with E-state index in [0.29, 0.717) is 32.4 Å². The van der Waals surface area contributed by atoms with Gasteiger partial charge in [-0.3, -0.25) is 4.79 Å². The molecule has 4 rings (SSSR count). The molecule has 7 heteroatoms. The number of hydrogen-bond acceptors (Lipinski definition) is 4. The number of aryl methyl sites for hydroxylation is 2. The van der Waals surface area contributed by atoms with Crippen LogP contribution >= 0.6 is 22.9 Å². The summed E-state index contributed by atoms with van der Waals surface area (Å²) in [7, 11) is 1.89. The van der Waals surface area contributed by atoms with Crippen LogP contribution in [0, 0.1) is 6.92 Å². The summed E-state index contributed by atoms with van der Waals surface area (Å²) in [5.74, 6) is 0.0123. The largest absolute Gasteiger partial charge is 0.360 e. The number of carbonyl (C=O) groups excluding carboxylic acids is 1. The van der Waals surface area contributed by atoms with Crippen molar-refractivity contribution >= 4 is 39.1 Å². The highest BCUT2D eigenvalue weighted by atomic mass is 35.5. The van der Waals surface area contributed by atoms with E-state index in [2.05, 4.69) is 10.1 Å². The highest BCUT2D eigenvalue weighted by Crippen LogP contribution is 2.31. The van der Waals surface area contributed by atoms with Gasteiger partial charge in [-0.15, -0.1) is 0 Å². The average molecular weight is 384 g/mol. The smallest absolute Gasteiger partial charge is 0.285 e. The minimum atomic E-state index is -0.402. The summed E-state index contributed by atoms with van der Waals surface area (Å²) < 4.78 is 8.22. The highest BCUT2D eigenvalue weighted by molar-refractivity contribution is 7.16. The van der Waals surface area contributed by atoms with Crippen molar-refractivity contribution in [2.75, 3.05) is 0 Å². The van der Waals surface area contributed by atoms with E-state index in [1.807, 2.05) is 48.0 Å². The Morgan fingerprint density at radius 3 is 2.69 bits per heavy atom. The number of nitrogens with zero attached hydrogens (tertiary/aromatic N) is 3. The number of hydrogen-bond donors (Lipinski definition) is 0. The molecular weight excluding hydrogens is 370 g/mol. The van der Waals surface area contributed by atoms with Crippen molar-refractivity contribution in [1.82, 2.24) is 9.72 Å². The van der Waals surface area contributed by atoms with Gasteiger partial charge in [-0.25, -0.2) is 0 Å². The number of halogens is 1. The Hall–Kier alpha value is -2.70. The second kappa shape index (κ2) is 6.55. The first-order chi connectivity index (χ1) is 12.6. The lowest BCUT2D eigenvalue weighted by molar-refractivity contribution is 0.0997. The van der Waals surface area contributed by atoms with E-state index in [9.17, 15) is 4.79 Å². The van der Waals surface area contributed by atoms with Gasteiger partial charge in [0.25, 0.3) is 5.91 Å². The fraction of sp³-hybridized carbons (Fsp3) is 0.105. The lowest BCUT2D eigenvalue weighted by atomic mass is 10.1. The van der Waals surface area contributed by atoms with Crippen LogP contribution in [0.4, 0.5) is 0 Å². The van der Waals surface area contributed by atoms with Gasteiger partial charge in [0, 0.05) is 12.6 Å². The molecular formula is C19H14ClN3O2S. The van der Waals surface area contributed by atoms with E-state index in [-0.39, 0.29) is 0 Å².